The molecular weight excluding hydrogens is 424 g/mol. The molecule has 8 heteroatoms. The molecule has 1 heterocycles. The lowest BCUT2D eigenvalue weighted by molar-refractivity contribution is 0.104. The Morgan fingerprint density at radius 1 is 0.968 bits per heavy atom. The zero-order valence-electron chi connectivity index (χ0n) is 16.4. The van der Waals surface area contributed by atoms with Crippen LogP contribution < -0.4 is 9.64 Å². The molecule has 0 N–H and O–H groups in total. The number of halogens is 2. The van der Waals surface area contributed by atoms with Crippen LogP contribution in [0.4, 0.5) is 20.2 Å². The highest BCUT2D eigenvalue weighted by molar-refractivity contribution is 7.96. The first-order valence-corrected chi connectivity index (χ1v) is 10.9. The highest BCUT2D eigenvalue weighted by atomic mass is 32.2. The molecule has 3 aromatic carbocycles. The highest BCUT2D eigenvalue weighted by Gasteiger charge is 2.36. The maximum absolute atomic E-state index is 13.9. The third kappa shape index (κ3) is 3.82. The molecule has 31 heavy (non-hydrogen) atoms. The molecule has 158 valence electrons. The van der Waals surface area contributed by atoms with Gasteiger partial charge in [0, 0.05) is 17.5 Å². The predicted molar refractivity (Wildman–Crippen MR) is 112 cm³/mol. The second-order valence-corrected chi connectivity index (χ2v) is 8.63. The van der Waals surface area contributed by atoms with Crippen LogP contribution in [0.2, 0.25) is 0 Å². The van der Waals surface area contributed by atoms with E-state index in [1.54, 1.807) is 12.1 Å². The first kappa shape index (κ1) is 20.7. The number of nitrogens with zero attached hydrogens (tertiary/aromatic N) is 1. The molecule has 0 atom stereocenters. The van der Waals surface area contributed by atoms with Gasteiger partial charge < -0.3 is 9.64 Å². The van der Waals surface area contributed by atoms with Gasteiger partial charge in [0.05, 0.1) is 17.2 Å². The van der Waals surface area contributed by atoms with Gasteiger partial charge in [0.25, 0.3) is 0 Å². The smallest absolute Gasteiger partial charge is 0.214 e. The number of anilines is 2. The topological polar surface area (TPSA) is 63.7 Å². The van der Waals surface area contributed by atoms with Crippen LogP contribution in [0.5, 0.6) is 5.75 Å². The van der Waals surface area contributed by atoms with Gasteiger partial charge >= 0.3 is 0 Å². The summed E-state index contributed by atoms with van der Waals surface area (Å²) in [5, 5.41) is 0. The van der Waals surface area contributed by atoms with Crippen molar-refractivity contribution in [1.29, 1.82) is 0 Å². The Labute approximate surface area is 178 Å². The Kier molecular flexibility index (Phi) is 5.32. The van der Waals surface area contributed by atoms with Gasteiger partial charge in [-0.1, -0.05) is 6.07 Å². The van der Waals surface area contributed by atoms with E-state index in [2.05, 4.69) is 0 Å². The molecule has 0 bridgehead atoms. The third-order valence-electron chi connectivity index (χ3n) is 4.74. The number of ketones is 1. The number of hydrogen-bond donors (Lipinski definition) is 0. The van der Waals surface area contributed by atoms with Crippen molar-refractivity contribution >= 4 is 27.0 Å². The molecule has 0 saturated heterocycles. The number of rotatable bonds is 5. The van der Waals surface area contributed by atoms with Crippen molar-refractivity contribution in [2.24, 2.45) is 0 Å². The van der Waals surface area contributed by atoms with Crippen LogP contribution in [0.1, 0.15) is 17.3 Å². The molecular formula is C23H17F2NO4S. The molecule has 0 spiro atoms. The normalized spacial score (nSPS) is 14.5. The molecule has 0 amide bonds. The first-order chi connectivity index (χ1) is 14.8. The van der Waals surface area contributed by atoms with E-state index >= 15 is 0 Å². The van der Waals surface area contributed by atoms with Crippen LogP contribution in [0.15, 0.2) is 82.7 Å². The minimum absolute atomic E-state index is 0.00570. The molecule has 4 rings (SSSR count). The molecule has 0 aromatic heterocycles. The molecule has 1 aliphatic heterocycles. The number of ether oxygens (including phenoxy) is 1. The van der Waals surface area contributed by atoms with Crippen LogP contribution >= 0.6 is 0 Å². The molecule has 0 unspecified atom stereocenters. The van der Waals surface area contributed by atoms with E-state index in [9.17, 15) is 22.0 Å². The maximum Gasteiger partial charge on any atom is 0.214 e. The number of allylic oxidation sites excluding steroid dienone is 1. The Morgan fingerprint density at radius 3 is 2.35 bits per heavy atom. The van der Waals surface area contributed by atoms with Crippen molar-refractivity contribution in [3.63, 3.8) is 0 Å². The van der Waals surface area contributed by atoms with Gasteiger partial charge in [-0.2, -0.15) is 0 Å². The Hall–Kier alpha value is -3.52. The summed E-state index contributed by atoms with van der Waals surface area (Å²) in [5.74, 6) is -1.41. The van der Waals surface area contributed by atoms with Crippen molar-refractivity contribution in [3.8, 4) is 5.75 Å². The van der Waals surface area contributed by atoms with Gasteiger partial charge in [0.1, 0.15) is 22.3 Å². The van der Waals surface area contributed by atoms with Gasteiger partial charge in [-0.25, -0.2) is 17.2 Å². The number of carbonyl (C=O) groups is 1. The number of fused-ring (bicyclic) bond motifs is 1. The molecule has 3 aromatic rings. The summed E-state index contributed by atoms with van der Waals surface area (Å²) in [6, 6.07) is 14.6. The van der Waals surface area contributed by atoms with E-state index in [0.717, 1.165) is 24.4 Å². The zero-order chi connectivity index (χ0) is 22.2. The highest BCUT2D eigenvalue weighted by Crippen LogP contribution is 2.41. The summed E-state index contributed by atoms with van der Waals surface area (Å²) in [4.78, 5) is 13.7. The van der Waals surface area contributed by atoms with E-state index in [1.807, 2.05) is 6.92 Å². The van der Waals surface area contributed by atoms with E-state index in [4.69, 9.17) is 4.74 Å². The number of benzene rings is 3. The average molecular weight is 441 g/mol. The van der Waals surface area contributed by atoms with Gasteiger partial charge in [-0.05, 0) is 67.6 Å². The van der Waals surface area contributed by atoms with Gasteiger partial charge in [-0.3, -0.25) is 4.79 Å². The summed E-state index contributed by atoms with van der Waals surface area (Å²) in [7, 11) is -4.24. The van der Waals surface area contributed by atoms with Crippen molar-refractivity contribution < 1.29 is 26.7 Å². The van der Waals surface area contributed by atoms with Gasteiger partial charge in [0.2, 0.25) is 15.6 Å². The predicted octanol–water partition coefficient (Wildman–Crippen LogP) is 5.01. The molecule has 0 fully saturated rings. The number of sulfone groups is 1. The van der Waals surface area contributed by atoms with E-state index in [-0.39, 0.29) is 21.8 Å². The van der Waals surface area contributed by atoms with Gasteiger partial charge in [-0.15, -0.1) is 0 Å². The SMILES string of the molecule is CCOc1ccc(C(=O)C2=CN(c3cccc(F)c3)c3cc(F)ccc3S2(=O)=O)cc1. The molecule has 0 aliphatic carbocycles. The minimum atomic E-state index is -4.24. The van der Waals surface area contributed by atoms with Crippen LogP contribution in [0.3, 0.4) is 0 Å². The Morgan fingerprint density at radius 2 is 1.68 bits per heavy atom. The standard InChI is InChI=1S/C23H17F2NO4S/c1-2-30-19-9-6-15(7-10-19)23(27)22-14-26(18-5-3-4-16(24)12-18)20-13-17(25)8-11-21(20)31(22,28)29/h3-14H,2H2,1H3. The molecule has 5 nitrogen and oxygen atoms in total. The van der Waals surface area contributed by atoms with Gasteiger partial charge in [0.15, 0.2) is 0 Å². The van der Waals surface area contributed by atoms with Crippen molar-refractivity contribution in [1.82, 2.24) is 0 Å². The van der Waals surface area contributed by atoms with Crippen LogP contribution in [-0.4, -0.2) is 20.8 Å². The lowest BCUT2D eigenvalue weighted by Gasteiger charge is -2.29. The van der Waals surface area contributed by atoms with Crippen LogP contribution in [-0.2, 0) is 9.84 Å². The van der Waals surface area contributed by atoms with E-state index in [0.29, 0.717) is 12.4 Å². The fourth-order valence-electron chi connectivity index (χ4n) is 3.31. The summed E-state index contributed by atoms with van der Waals surface area (Å²) >= 11 is 0. The summed E-state index contributed by atoms with van der Waals surface area (Å²) in [5.41, 5.74) is 0.385. The first-order valence-electron chi connectivity index (χ1n) is 9.40. The molecule has 0 saturated carbocycles. The minimum Gasteiger partial charge on any atom is -0.494 e. The maximum atomic E-state index is 13.9. The number of hydrogen-bond acceptors (Lipinski definition) is 5. The summed E-state index contributed by atoms with van der Waals surface area (Å²) in [6.45, 7) is 2.27. The van der Waals surface area contributed by atoms with Crippen LogP contribution in [0.25, 0.3) is 0 Å². The van der Waals surface area contributed by atoms with Crippen molar-refractivity contribution in [3.05, 3.63) is 95.0 Å². The second-order valence-electron chi connectivity index (χ2n) is 6.75. The average Bonchev–Trinajstić information content (AvgIpc) is 2.74. The molecule has 1 aliphatic rings. The van der Waals surface area contributed by atoms with E-state index < -0.39 is 32.2 Å². The Bertz CT molecular complexity index is 1300. The largest absolute Gasteiger partial charge is 0.494 e. The summed E-state index contributed by atoms with van der Waals surface area (Å²) < 4.78 is 59.5. The fourth-order valence-corrected chi connectivity index (χ4v) is 4.84. The fraction of sp³-hybridized carbons (Fsp3) is 0.0870. The number of Topliss-reactive ketones (excluding diaryl/α,β-unsaturated/α-hetero) is 1. The van der Waals surface area contributed by atoms with Crippen molar-refractivity contribution in [2.45, 2.75) is 11.8 Å². The van der Waals surface area contributed by atoms with Crippen molar-refractivity contribution in [2.75, 3.05) is 11.5 Å². The zero-order valence-corrected chi connectivity index (χ0v) is 17.2. The summed E-state index contributed by atoms with van der Waals surface area (Å²) in [6.07, 6.45) is 1.10. The lowest BCUT2D eigenvalue weighted by Crippen LogP contribution is -2.26. The Balaban J connectivity index is 1.86. The third-order valence-corrected chi connectivity index (χ3v) is 6.54. The second kappa shape index (κ2) is 7.96. The quantitative estimate of drug-likeness (QED) is 0.411. The van der Waals surface area contributed by atoms with E-state index in [1.165, 1.54) is 41.3 Å². The monoisotopic (exact) mass is 441 g/mol. The van der Waals surface area contributed by atoms with Crippen LogP contribution in [0, 0.1) is 11.6 Å². The number of carbonyl (C=O) groups excluding carboxylic acids is 1. The molecule has 0 radical (unpaired) electrons. The lowest BCUT2D eigenvalue weighted by atomic mass is 10.1.